The molecule has 0 bridgehead atoms. The fraction of sp³-hybridized carbons (Fsp3) is 0.200. The molecule has 0 heterocycles. The summed E-state index contributed by atoms with van der Waals surface area (Å²) in [7, 11) is -5.99. The van der Waals surface area contributed by atoms with Crippen LogP contribution >= 0.6 is 14.3 Å². The van der Waals surface area contributed by atoms with Crippen molar-refractivity contribution < 1.29 is 14.2 Å². The molecule has 5 rings (SSSR count). The first-order valence-electron chi connectivity index (χ1n) is 12.1. The van der Waals surface area contributed by atoms with Crippen molar-refractivity contribution in [2.75, 3.05) is 6.16 Å². The van der Waals surface area contributed by atoms with Gasteiger partial charge >= 0.3 is 0 Å². The molecule has 0 radical (unpaired) electrons. The second kappa shape index (κ2) is 10.1. The molecule has 1 aliphatic rings. The highest BCUT2D eigenvalue weighted by atomic mass is 31.2. The molecule has 4 aromatic carbocycles. The Balaban J connectivity index is 1.51. The normalized spacial score (nSPS) is 20.5. The summed E-state index contributed by atoms with van der Waals surface area (Å²) in [4.78, 5) is 0. The second-order valence-electron chi connectivity index (χ2n) is 9.38. The highest BCUT2D eigenvalue weighted by Gasteiger charge is 2.47. The standard InChI is InChI=1S/C30H30O3P2/c31-30-22-29(35(33,27-17-9-3-10-18-27)28-19-11-4-12-20-28)21-24(30)23-34(32,25-13-5-1-6-14-25)26-15-7-2-8-16-26/h1-20,24,29-31H,21-23H2/t24-,29+,30+/m1/s1. The van der Waals surface area contributed by atoms with Gasteiger partial charge in [0.2, 0.25) is 0 Å². The number of benzene rings is 4. The molecule has 0 unspecified atom stereocenters. The Morgan fingerprint density at radius 1 is 0.571 bits per heavy atom. The van der Waals surface area contributed by atoms with Crippen LogP contribution in [0.15, 0.2) is 121 Å². The van der Waals surface area contributed by atoms with Crippen LogP contribution in [0.2, 0.25) is 0 Å². The predicted molar refractivity (Wildman–Crippen MR) is 147 cm³/mol. The van der Waals surface area contributed by atoms with Gasteiger partial charge in [-0.05, 0) is 18.8 Å². The zero-order valence-corrected chi connectivity index (χ0v) is 21.3. The molecule has 1 aliphatic carbocycles. The minimum absolute atomic E-state index is 0.202. The molecule has 3 nitrogen and oxygen atoms in total. The van der Waals surface area contributed by atoms with Gasteiger partial charge in [0.05, 0.1) is 6.10 Å². The first kappa shape index (κ1) is 24.0. The van der Waals surface area contributed by atoms with Gasteiger partial charge in [-0.15, -0.1) is 0 Å². The molecule has 178 valence electrons. The lowest BCUT2D eigenvalue weighted by molar-refractivity contribution is 0.142. The highest BCUT2D eigenvalue weighted by Crippen LogP contribution is 2.58. The van der Waals surface area contributed by atoms with E-state index < -0.39 is 20.4 Å². The van der Waals surface area contributed by atoms with E-state index in [1.165, 1.54) is 0 Å². The number of rotatable bonds is 7. The van der Waals surface area contributed by atoms with E-state index in [4.69, 9.17) is 0 Å². The zero-order chi connectivity index (χ0) is 24.3. The minimum atomic E-state index is -3.01. The summed E-state index contributed by atoms with van der Waals surface area (Å²) in [6.07, 6.45) is 0.727. The first-order valence-corrected chi connectivity index (χ1v) is 15.8. The van der Waals surface area contributed by atoms with Crippen LogP contribution in [0.5, 0.6) is 0 Å². The number of aliphatic hydroxyl groups is 1. The van der Waals surface area contributed by atoms with E-state index in [1.807, 2.05) is 121 Å². The fourth-order valence-corrected chi connectivity index (χ4v) is 12.0. The third-order valence-corrected chi connectivity index (χ3v) is 14.1. The maximum atomic E-state index is 14.8. The summed E-state index contributed by atoms with van der Waals surface area (Å²) in [5.74, 6) is -0.202. The van der Waals surface area contributed by atoms with E-state index in [2.05, 4.69) is 0 Å². The van der Waals surface area contributed by atoms with E-state index in [9.17, 15) is 14.2 Å². The van der Waals surface area contributed by atoms with E-state index in [1.54, 1.807) is 0 Å². The zero-order valence-electron chi connectivity index (χ0n) is 19.6. The van der Waals surface area contributed by atoms with Crippen molar-refractivity contribution >= 4 is 35.5 Å². The van der Waals surface area contributed by atoms with Crippen molar-refractivity contribution in [2.24, 2.45) is 5.92 Å². The summed E-state index contributed by atoms with van der Waals surface area (Å²) in [6.45, 7) is 0. The molecule has 0 aliphatic heterocycles. The SMILES string of the molecule is O=P(C[C@H]1C[C@H](P(=O)(c2ccccc2)c2ccccc2)C[C@@H]1O)(c1ccccc1)c1ccccc1. The van der Waals surface area contributed by atoms with Gasteiger partial charge in [-0.1, -0.05) is 121 Å². The predicted octanol–water partition coefficient (Wildman–Crippen LogP) is 5.15. The monoisotopic (exact) mass is 500 g/mol. The van der Waals surface area contributed by atoms with Crippen LogP contribution in [-0.4, -0.2) is 23.0 Å². The molecule has 5 heteroatoms. The van der Waals surface area contributed by atoms with Crippen molar-refractivity contribution in [2.45, 2.75) is 24.6 Å². The molecule has 0 saturated heterocycles. The molecular formula is C30H30O3P2. The van der Waals surface area contributed by atoms with Crippen molar-refractivity contribution in [3.63, 3.8) is 0 Å². The summed E-state index contributed by atoms with van der Waals surface area (Å²) in [5, 5.41) is 14.5. The summed E-state index contributed by atoms with van der Waals surface area (Å²) >= 11 is 0. The topological polar surface area (TPSA) is 54.4 Å². The van der Waals surface area contributed by atoms with Crippen LogP contribution in [0.4, 0.5) is 0 Å². The molecule has 1 fully saturated rings. The average molecular weight is 501 g/mol. The van der Waals surface area contributed by atoms with Gasteiger partial charge in [0.1, 0.15) is 14.3 Å². The van der Waals surface area contributed by atoms with Crippen LogP contribution < -0.4 is 21.2 Å². The highest BCUT2D eigenvalue weighted by molar-refractivity contribution is 7.79. The van der Waals surface area contributed by atoms with Crippen LogP contribution in [0.25, 0.3) is 0 Å². The molecular weight excluding hydrogens is 470 g/mol. The summed E-state index contributed by atoms with van der Waals surface area (Å²) < 4.78 is 29.5. The molecule has 0 spiro atoms. The van der Waals surface area contributed by atoms with Crippen molar-refractivity contribution in [3.8, 4) is 0 Å². The lowest BCUT2D eigenvalue weighted by atomic mass is 10.1. The third-order valence-electron chi connectivity index (χ3n) is 7.26. The van der Waals surface area contributed by atoms with Crippen LogP contribution in [0.3, 0.4) is 0 Å². The van der Waals surface area contributed by atoms with Crippen molar-refractivity contribution in [3.05, 3.63) is 121 Å². The van der Waals surface area contributed by atoms with Crippen molar-refractivity contribution in [1.29, 1.82) is 0 Å². The summed E-state index contributed by atoms with van der Waals surface area (Å²) in [6, 6.07) is 38.5. The molecule has 3 atom stereocenters. The first-order chi connectivity index (χ1) is 17.0. The fourth-order valence-electron chi connectivity index (χ4n) is 5.46. The summed E-state index contributed by atoms with van der Waals surface area (Å²) in [5.41, 5.74) is -0.202. The number of aliphatic hydroxyl groups excluding tert-OH is 1. The van der Waals surface area contributed by atoms with Gasteiger partial charge in [0, 0.05) is 33.0 Å². The smallest absolute Gasteiger partial charge is 0.146 e. The van der Waals surface area contributed by atoms with Crippen molar-refractivity contribution in [1.82, 2.24) is 0 Å². The van der Waals surface area contributed by atoms with E-state index in [0.29, 0.717) is 19.0 Å². The minimum Gasteiger partial charge on any atom is -0.393 e. The maximum absolute atomic E-state index is 14.8. The van der Waals surface area contributed by atoms with Gasteiger partial charge in [-0.3, -0.25) is 0 Å². The van der Waals surface area contributed by atoms with Crippen LogP contribution in [-0.2, 0) is 9.13 Å². The molecule has 0 amide bonds. The van der Waals surface area contributed by atoms with Gasteiger partial charge in [-0.25, -0.2) is 0 Å². The van der Waals surface area contributed by atoms with Crippen LogP contribution in [0.1, 0.15) is 12.8 Å². The van der Waals surface area contributed by atoms with Gasteiger partial charge in [0.25, 0.3) is 0 Å². The van der Waals surface area contributed by atoms with Crippen LogP contribution in [0, 0.1) is 5.92 Å². The number of hydrogen-bond acceptors (Lipinski definition) is 3. The Bertz CT molecular complexity index is 1250. The van der Waals surface area contributed by atoms with E-state index in [0.717, 1.165) is 21.2 Å². The van der Waals surface area contributed by atoms with E-state index >= 15 is 0 Å². The Labute approximate surface area is 207 Å². The Morgan fingerprint density at radius 3 is 1.34 bits per heavy atom. The van der Waals surface area contributed by atoms with Gasteiger partial charge < -0.3 is 14.2 Å². The lowest BCUT2D eigenvalue weighted by Crippen LogP contribution is -2.26. The third kappa shape index (κ3) is 4.62. The number of hydrogen-bond donors (Lipinski definition) is 1. The van der Waals surface area contributed by atoms with Gasteiger partial charge in [0.15, 0.2) is 0 Å². The average Bonchev–Trinajstić information content (AvgIpc) is 3.30. The Morgan fingerprint density at radius 2 is 0.943 bits per heavy atom. The second-order valence-corrected chi connectivity index (χ2v) is 15.3. The molecule has 4 aromatic rings. The maximum Gasteiger partial charge on any atom is 0.146 e. The molecule has 1 N–H and O–H groups in total. The van der Waals surface area contributed by atoms with Gasteiger partial charge in [-0.2, -0.15) is 0 Å². The van der Waals surface area contributed by atoms with E-state index in [-0.39, 0.29) is 11.6 Å². The molecule has 1 saturated carbocycles. The quantitative estimate of drug-likeness (QED) is 0.357. The largest absolute Gasteiger partial charge is 0.393 e. The lowest BCUT2D eigenvalue weighted by Gasteiger charge is -2.26. The Hall–Kier alpha value is -2.70. The Kier molecular flexibility index (Phi) is 6.94. The molecule has 35 heavy (non-hydrogen) atoms. The molecule has 0 aromatic heterocycles.